The molecule has 1 aliphatic heterocycles. The number of pyridine rings is 1. The van der Waals surface area contributed by atoms with Crippen LogP contribution >= 0.6 is 15.9 Å². The summed E-state index contributed by atoms with van der Waals surface area (Å²) >= 11 is 3.28. The van der Waals surface area contributed by atoms with Gasteiger partial charge in [0.05, 0.1) is 32.4 Å². The Bertz CT molecular complexity index is 427. The number of halogens is 1. The molecule has 1 fully saturated rings. The molecule has 1 aromatic heterocycles. The average molecular weight is 330 g/mol. The van der Waals surface area contributed by atoms with Gasteiger partial charge in [0.1, 0.15) is 5.82 Å². The van der Waals surface area contributed by atoms with E-state index in [4.69, 9.17) is 4.74 Å². The molecule has 1 atom stereocenters. The van der Waals surface area contributed by atoms with Crippen molar-refractivity contribution in [3.8, 4) is 0 Å². The van der Waals surface area contributed by atoms with E-state index < -0.39 is 0 Å². The number of hydrogen-bond acceptors (Lipinski definition) is 5. The molecule has 1 amide bonds. The zero-order chi connectivity index (χ0) is 13.7. The van der Waals surface area contributed by atoms with Gasteiger partial charge in [0.25, 0.3) is 0 Å². The monoisotopic (exact) mass is 329 g/mol. The molecule has 1 unspecified atom stereocenters. The number of nitrogens with one attached hydrogen (secondary N) is 1. The number of aliphatic hydroxyl groups excluding tert-OH is 1. The van der Waals surface area contributed by atoms with Crippen LogP contribution in [0.25, 0.3) is 0 Å². The van der Waals surface area contributed by atoms with E-state index in [2.05, 4.69) is 26.2 Å². The lowest BCUT2D eigenvalue weighted by atomic mass is 10.2. The van der Waals surface area contributed by atoms with Crippen molar-refractivity contribution in [1.29, 1.82) is 0 Å². The molecule has 19 heavy (non-hydrogen) atoms. The van der Waals surface area contributed by atoms with Gasteiger partial charge in [-0.05, 0) is 28.1 Å². The second-order valence-electron chi connectivity index (χ2n) is 4.29. The topological polar surface area (TPSA) is 74.7 Å². The highest BCUT2D eigenvalue weighted by molar-refractivity contribution is 9.10. The first-order valence-corrected chi connectivity index (χ1v) is 6.82. The summed E-state index contributed by atoms with van der Waals surface area (Å²) < 4.78 is 6.13. The minimum Gasteiger partial charge on any atom is -0.395 e. The van der Waals surface area contributed by atoms with Gasteiger partial charge >= 0.3 is 0 Å². The summed E-state index contributed by atoms with van der Waals surface area (Å²) in [5.41, 5.74) is 0. The van der Waals surface area contributed by atoms with Crippen LogP contribution in [-0.2, 0) is 9.53 Å². The molecule has 0 aromatic carbocycles. The van der Waals surface area contributed by atoms with Crippen LogP contribution in [0.1, 0.15) is 0 Å². The predicted molar refractivity (Wildman–Crippen MR) is 73.8 cm³/mol. The maximum atomic E-state index is 11.9. The quantitative estimate of drug-likeness (QED) is 0.840. The van der Waals surface area contributed by atoms with Gasteiger partial charge in [-0.3, -0.25) is 9.69 Å². The summed E-state index contributed by atoms with van der Waals surface area (Å²) in [7, 11) is 0. The molecule has 2 heterocycles. The zero-order valence-electron chi connectivity index (χ0n) is 10.4. The van der Waals surface area contributed by atoms with Gasteiger partial charge in [-0.15, -0.1) is 0 Å². The van der Waals surface area contributed by atoms with Crippen LogP contribution in [0.4, 0.5) is 5.82 Å². The third-order valence-electron chi connectivity index (χ3n) is 2.90. The first kappa shape index (κ1) is 14.4. The molecule has 0 saturated carbocycles. The van der Waals surface area contributed by atoms with Crippen molar-refractivity contribution in [2.24, 2.45) is 0 Å². The molecule has 2 N–H and O–H groups in total. The van der Waals surface area contributed by atoms with Crippen molar-refractivity contribution in [3.63, 3.8) is 0 Å². The van der Waals surface area contributed by atoms with E-state index in [1.807, 2.05) is 11.0 Å². The van der Waals surface area contributed by atoms with Crippen LogP contribution in [0.15, 0.2) is 22.8 Å². The van der Waals surface area contributed by atoms with Crippen LogP contribution in [-0.4, -0.2) is 59.8 Å². The van der Waals surface area contributed by atoms with E-state index in [0.717, 1.165) is 4.47 Å². The van der Waals surface area contributed by atoms with Crippen LogP contribution < -0.4 is 5.32 Å². The predicted octanol–water partition coefficient (Wildman–Crippen LogP) is 0.476. The molecule has 1 aliphatic rings. The Kier molecular flexibility index (Phi) is 5.26. The largest absolute Gasteiger partial charge is 0.395 e. The molecule has 2 rings (SSSR count). The number of anilines is 1. The fourth-order valence-corrected chi connectivity index (χ4v) is 2.12. The molecular weight excluding hydrogens is 314 g/mol. The molecule has 1 aromatic rings. The summed E-state index contributed by atoms with van der Waals surface area (Å²) in [5.74, 6) is 0.372. The van der Waals surface area contributed by atoms with Crippen molar-refractivity contribution in [2.45, 2.75) is 6.04 Å². The van der Waals surface area contributed by atoms with Gasteiger partial charge in [-0.25, -0.2) is 4.98 Å². The van der Waals surface area contributed by atoms with Crippen molar-refractivity contribution in [1.82, 2.24) is 9.88 Å². The Labute approximate surface area is 119 Å². The van der Waals surface area contributed by atoms with Crippen molar-refractivity contribution in [2.75, 3.05) is 38.2 Å². The summed E-state index contributed by atoms with van der Waals surface area (Å²) in [4.78, 5) is 17.9. The van der Waals surface area contributed by atoms with Gasteiger partial charge in [-0.1, -0.05) is 0 Å². The van der Waals surface area contributed by atoms with Gasteiger partial charge < -0.3 is 15.2 Å². The van der Waals surface area contributed by atoms with Crippen molar-refractivity contribution in [3.05, 3.63) is 22.8 Å². The third-order valence-corrected chi connectivity index (χ3v) is 3.37. The van der Waals surface area contributed by atoms with E-state index in [1.165, 1.54) is 0 Å². The molecule has 1 saturated heterocycles. The third kappa shape index (κ3) is 4.24. The van der Waals surface area contributed by atoms with Gasteiger partial charge in [-0.2, -0.15) is 0 Å². The molecule has 6 nitrogen and oxygen atoms in total. The lowest BCUT2D eigenvalue weighted by Gasteiger charge is -2.33. The number of carbonyl (C=O) groups is 1. The van der Waals surface area contributed by atoms with Crippen LogP contribution in [0, 0.1) is 0 Å². The number of ether oxygens (including phenoxy) is 1. The Morgan fingerprint density at radius 3 is 3.16 bits per heavy atom. The Morgan fingerprint density at radius 2 is 2.47 bits per heavy atom. The first-order chi connectivity index (χ1) is 9.19. The highest BCUT2D eigenvalue weighted by Gasteiger charge is 2.24. The fourth-order valence-electron chi connectivity index (χ4n) is 1.88. The minimum absolute atomic E-state index is 0.0101. The number of morpholine rings is 1. The SMILES string of the molecule is O=C(CN1CCOCC1CO)Nc1ccc(Br)cn1. The summed E-state index contributed by atoms with van der Waals surface area (Å²) in [6.07, 6.45) is 1.63. The van der Waals surface area contributed by atoms with E-state index in [9.17, 15) is 9.90 Å². The number of rotatable bonds is 4. The molecule has 0 radical (unpaired) electrons. The van der Waals surface area contributed by atoms with E-state index in [-0.39, 0.29) is 25.1 Å². The van der Waals surface area contributed by atoms with Crippen LogP contribution in [0.2, 0.25) is 0 Å². The number of carbonyl (C=O) groups excluding carboxylic acids is 1. The zero-order valence-corrected chi connectivity index (χ0v) is 12.0. The highest BCUT2D eigenvalue weighted by atomic mass is 79.9. The number of nitrogens with zero attached hydrogens (tertiary/aromatic N) is 2. The smallest absolute Gasteiger partial charge is 0.239 e. The lowest BCUT2D eigenvalue weighted by Crippen LogP contribution is -2.50. The lowest BCUT2D eigenvalue weighted by molar-refractivity contribution is -0.120. The fraction of sp³-hybridized carbons (Fsp3) is 0.500. The number of amides is 1. The highest BCUT2D eigenvalue weighted by Crippen LogP contribution is 2.11. The summed E-state index contributed by atoms with van der Waals surface area (Å²) in [5, 5.41) is 11.9. The van der Waals surface area contributed by atoms with Crippen molar-refractivity contribution >= 4 is 27.7 Å². The Balaban J connectivity index is 1.88. The second kappa shape index (κ2) is 6.95. The maximum Gasteiger partial charge on any atom is 0.239 e. The number of aromatic nitrogens is 1. The van der Waals surface area contributed by atoms with E-state index >= 15 is 0 Å². The molecule has 104 valence electrons. The van der Waals surface area contributed by atoms with Gasteiger partial charge in [0.15, 0.2) is 0 Å². The first-order valence-electron chi connectivity index (χ1n) is 6.03. The Hall–Kier alpha value is -1.02. The van der Waals surface area contributed by atoms with Gasteiger partial charge in [0, 0.05) is 17.2 Å². The molecule has 0 spiro atoms. The number of aliphatic hydroxyl groups is 1. The van der Waals surface area contributed by atoms with Crippen LogP contribution in [0.5, 0.6) is 0 Å². The van der Waals surface area contributed by atoms with E-state index in [1.54, 1.807) is 12.3 Å². The van der Waals surface area contributed by atoms with Crippen molar-refractivity contribution < 1.29 is 14.6 Å². The molecule has 0 aliphatic carbocycles. The minimum atomic E-state index is -0.143. The maximum absolute atomic E-state index is 11.9. The Morgan fingerprint density at radius 1 is 1.63 bits per heavy atom. The standard InChI is InChI=1S/C12H16BrN3O3/c13-9-1-2-11(14-5-9)15-12(18)6-16-3-4-19-8-10(16)7-17/h1-2,5,10,17H,3-4,6-8H2,(H,14,15,18). The summed E-state index contributed by atoms with van der Waals surface area (Å²) in [6.45, 7) is 1.91. The molecular formula is C12H16BrN3O3. The molecule has 0 bridgehead atoms. The summed E-state index contributed by atoms with van der Waals surface area (Å²) in [6, 6.07) is 3.43. The normalized spacial score (nSPS) is 20.2. The molecule has 7 heteroatoms. The average Bonchev–Trinajstić information content (AvgIpc) is 2.42. The van der Waals surface area contributed by atoms with E-state index in [0.29, 0.717) is 25.6 Å². The van der Waals surface area contributed by atoms with Gasteiger partial charge in [0.2, 0.25) is 5.91 Å². The van der Waals surface area contributed by atoms with Crippen LogP contribution in [0.3, 0.4) is 0 Å². The number of hydrogen-bond donors (Lipinski definition) is 2. The second-order valence-corrected chi connectivity index (χ2v) is 5.21.